The molecule has 2 nitrogen and oxygen atoms in total. The van der Waals surface area contributed by atoms with Crippen molar-refractivity contribution in [2.45, 2.75) is 6.92 Å². The first-order chi connectivity index (χ1) is 11.9. The quantitative estimate of drug-likeness (QED) is 0.289. The van der Waals surface area contributed by atoms with Gasteiger partial charge in [-0.05, 0) is 6.92 Å². The highest BCUT2D eigenvalue weighted by molar-refractivity contribution is 6.42. The Balaban J connectivity index is 0.000000219. The average Bonchev–Trinajstić information content (AvgIpc) is 2.57. The van der Waals surface area contributed by atoms with Crippen molar-refractivity contribution in [3.8, 4) is 23.0 Å². The lowest BCUT2D eigenvalue weighted by Crippen LogP contribution is -1.99. The first-order valence-electron chi connectivity index (χ1n) is 7.29. The molecule has 0 amide bonds. The second-order valence-electron chi connectivity index (χ2n) is 5.28. The minimum Gasteiger partial charge on any atom is -0.449 e. The van der Waals surface area contributed by atoms with E-state index in [0.29, 0.717) is 43.1 Å². The molecule has 0 aliphatic carbocycles. The van der Waals surface area contributed by atoms with Crippen molar-refractivity contribution < 1.29 is 9.47 Å². The van der Waals surface area contributed by atoms with E-state index in [1.54, 1.807) is 24.3 Å². The highest BCUT2D eigenvalue weighted by atomic mass is 35.5. The number of hydrogen-bond acceptors (Lipinski definition) is 2. The van der Waals surface area contributed by atoms with Crippen LogP contribution in [0.25, 0.3) is 0 Å². The third-order valence-electron chi connectivity index (χ3n) is 3.35. The van der Waals surface area contributed by atoms with Crippen molar-refractivity contribution in [1.29, 1.82) is 0 Å². The standard InChI is InChI=1S/C12H4Cl4O2.C7H8/c13-5-1-9-10(2-6(5)14)18-12-4-8(16)7(15)3-11(12)17-9;1-7-5-3-2-4-6-7/h1-4H;2-6H,1H3. The molecular weight excluding hydrogens is 402 g/mol. The monoisotopic (exact) mass is 412 g/mol. The summed E-state index contributed by atoms with van der Waals surface area (Å²) in [5.41, 5.74) is 1.32. The smallest absolute Gasteiger partial charge is 0.171 e. The molecule has 128 valence electrons. The van der Waals surface area contributed by atoms with Gasteiger partial charge >= 0.3 is 0 Å². The summed E-state index contributed by atoms with van der Waals surface area (Å²) in [6.45, 7) is 2.08. The lowest BCUT2D eigenvalue weighted by molar-refractivity contribution is 0.359. The van der Waals surface area contributed by atoms with E-state index < -0.39 is 0 Å². The zero-order valence-electron chi connectivity index (χ0n) is 13.0. The van der Waals surface area contributed by atoms with Crippen LogP contribution < -0.4 is 9.47 Å². The molecule has 0 atom stereocenters. The van der Waals surface area contributed by atoms with E-state index >= 15 is 0 Å². The molecule has 1 aliphatic rings. The molecule has 0 bridgehead atoms. The summed E-state index contributed by atoms with van der Waals surface area (Å²) in [4.78, 5) is 0. The second kappa shape index (κ2) is 7.76. The van der Waals surface area contributed by atoms with Crippen LogP contribution in [0.1, 0.15) is 5.56 Å². The van der Waals surface area contributed by atoms with E-state index in [9.17, 15) is 0 Å². The molecule has 0 spiro atoms. The molecule has 3 aromatic carbocycles. The molecule has 0 N–H and O–H groups in total. The highest BCUT2D eigenvalue weighted by Gasteiger charge is 2.21. The Morgan fingerprint density at radius 3 is 1.12 bits per heavy atom. The van der Waals surface area contributed by atoms with Gasteiger partial charge in [0.2, 0.25) is 0 Å². The maximum atomic E-state index is 5.91. The van der Waals surface area contributed by atoms with E-state index in [0.717, 1.165) is 0 Å². The maximum absolute atomic E-state index is 5.91. The summed E-state index contributed by atoms with van der Waals surface area (Å²) >= 11 is 23.7. The highest BCUT2D eigenvalue weighted by Crippen LogP contribution is 2.49. The summed E-state index contributed by atoms with van der Waals surface area (Å²) in [5, 5.41) is 1.56. The van der Waals surface area contributed by atoms with Crippen LogP contribution in [0, 0.1) is 6.92 Å². The van der Waals surface area contributed by atoms with Crippen molar-refractivity contribution in [2.24, 2.45) is 0 Å². The molecular formula is C19H12Cl4O2. The predicted molar refractivity (Wildman–Crippen MR) is 104 cm³/mol. The first kappa shape index (κ1) is 18.2. The molecule has 0 aromatic heterocycles. The Kier molecular flexibility index (Phi) is 5.65. The molecule has 3 aromatic rings. The lowest BCUT2D eigenvalue weighted by atomic mass is 10.2. The largest absolute Gasteiger partial charge is 0.449 e. The van der Waals surface area contributed by atoms with Crippen molar-refractivity contribution in [3.05, 3.63) is 80.3 Å². The summed E-state index contributed by atoms with van der Waals surface area (Å²) in [5.74, 6) is 1.93. The van der Waals surface area contributed by atoms with Gasteiger partial charge in [-0.2, -0.15) is 0 Å². The Labute approximate surface area is 165 Å². The van der Waals surface area contributed by atoms with Gasteiger partial charge in [-0.15, -0.1) is 0 Å². The topological polar surface area (TPSA) is 18.5 Å². The Morgan fingerprint density at radius 1 is 0.560 bits per heavy atom. The van der Waals surface area contributed by atoms with Crippen LogP contribution in [-0.4, -0.2) is 0 Å². The zero-order chi connectivity index (χ0) is 18.0. The molecule has 0 saturated carbocycles. The van der Waals surface area contributed by atoms with E-state index in [4.69, 9.17) is 55.9 Å². The Morgan fingerprint density at radius 2 is 0.880 bits per heavy atom. The van der Waals surface area contributed by atoms with Gasteiger partial charge in [0.25, 0.3) is 0 Å². The van der Waals surface area contributed by atoms with Crippen LogP contribution >= 0.6 is 46.4 Å². The number of benzene rings is 3. The van der Waals surface area contributed by atoms with Crippen LogP contribution in [0.2, 0.25) is 20.1 Å². The van der Waals surface area contributed by atoms with E-state index in [2.05, 4.69) is 19.1 Å². The van der Waals surface area contributed by atoms with Gasteiger partial charge in [-0.3, -0.25) is 0 Å². The van der Waals surface area contributed by atoms with Gasteiger partial charge in [0, 0.05) is 24.3 Å². The summed E-state index contributed by atoms with van der Waals surface area (Å²) in [6, 6.07) is 16.6. The summed E-state index contributed by atoms with van der Waals surface area (Å²) in [6.07, 6.45) is 0. The maximum Gasteiger partial charge on any atom is 0.171 e. The fourth-order valence-corrected chi connectivity index (χ4v) is 2.73. The minimum absolute atomic E-state index is 0.391. The van der Waals surface area contributed by atoms with E-state index in [-0.39, 0.29) is 0 Å². The van der Waals surface area contributed by atoms with E-state index in [1.807, 2.05) is 18.2 Å². The average molecular weight is 414 g/mol. The van der Waals surface area contributed by atoms with Crippen LogP contribution in [-0.2, 0) is 0 Å². The fourth-order valence-electron chi connectivity index (χ4n) is 2.11. The van der Waals surface area contributed by atoms with E-state index in [1.165, 1.54) is 5.56 Å². The van der Waals surface area contributed by atoms with Gasteiger partial charge < -0.3 is 9.47 Å². The number of fused-ring (bicyclic) bond motifs is 2. The van der Waals surface area contributed by atoms with Gasteiger partial charge in [0.15, 0.2) is 23.0 Å². The number of halogens is 4. The Hall–Kier alpha value is -1.58. The third kappa shape index (κ3) is 4.34. The Bertz CT molecular complexity index is 800. The van der Waals surface area contributed by atoms with Crippen molar-refractivity contribution in [3.63, 3.8) is 0 Å². The number of hydrogen-bond donors (Lipinski definition) is 0. The summed E-state index contributed by atoms with van der Waals surface area (Å²) in [7, 11) is 0. The number of aryl methyl sites for hydroxylation is 1. The van der Waals surface area contributed by atoms with Crippen molar-refractivity contribution >= 4 is 46.4 Å². The summed E-state index contributed by atoms with van der Waals surface area (Å²) < 4.78 is 11.3. The van der Waals surface area contributed by atoms with Crippen LogP contribution in [0.15, 0.2) is 54.6 Å². The second-order valence-corrected chi connectivity index (χ2v) is 6.91. The molecule has 1 aliphatic heterocycles. The van der Waals surface area contributed by atoms with Crippen molar-refractivity contribution in [1.82, 2.24) is 0 Å². The molecule has 25 heavy (non-hydrogen) atoms. The third-order valence-corrected chi connectivity index (χ3v) is 4.80. The molecule has 0 saturated heterocycles. The van der Waals surface area contributed by atoms with Gasteiger partial charge in [-0.1, -0.05) is 82.3 Å². The fraction of sp³-hybridized carbons (Fsp3) is 0.0526. The predicted octanol–water partition coefficient (Wildman–Crippen LogP) is 8.19. The molecule has 0 radical (unpaired) electrons. The number of rotatable bonds is 0. The molecule has 4 rings (SSSR count). The normalized spacial score (nSPS) is 11.2. The molecule has 0 fully saturated rings. The minimum atomic E-state index is 0.391. The van der Waals surface area contributed by atoms with Crippen LogP contribution in [0.3, 0.4) is 0 Å². The van der Waals surface area contributed by atoms with Crippen molar-refractivity contribution in [2.75, 3.05) is 0 Å². The van der Waals surface area contributed by atoms with Gasteiger partial charge in [-0.25, -0.2) is 0 Å². The van der Waals surface area contributed by atoms with Gasteiger partial charge in [0.1, 0.15) is 0 Å². The SMILES string of the molecule is Cc1ccccc1.Clc1cc2c(cc1Cl)Oc1cc(Cl)c(Cl)cc1O2. The molecule has 6 heteroatoms. The van der Waals surface area contributed by atoms with Gasteiger partial charge in [0.05, 0.1) is 20.1 Å². The lowest BCUT2D eigenvalue weighted by Gasteiger charge is -2.21. The van der Waals surface area contributed by atoms with Crippen LogP contribution in [0.5, 0.6) is 23.0 Å². The van der Waals surface area contributed by atoms with Crippen LogP contribution in [0.4, 0.5) is 0 Å². The zero-order valence-corrected chi connectivity index (χ0v) is 16.0. The number of ether oxygens (including phenoxy) is 2. The molecule has 1 heterocycles. The first-order valence-corrected chi connectivity index (χ1v) is 8.80. The molecule has 0 unspecified atom stereocenters.